The third-order valence-corrected chi connectivity index (χ3v) is 7.24. The number of halogens is 1. The second-order valence-corrected chi connectivity index (χ2v) is 9.84. The van der Waals surface area contributed by atoms with Crippen molar-refractivity contribution in [2.45, 2.75) is 4.34 Å². The van der Waals surface area contributed by atoms with E-state index in [1.807, 2.05) is 24.3 Å². The van der Waals surface area contributed by atoms with Crippen LogP contribution < -0.4 is 19.6 Å². The zero-order chi connectivity index (χ0) is 25.5. The Balaban J connectivity index is 1.36. The van der Waals surface area contributed by atoms with Gasteiger partial charge in [-0.3, -0.25) is 4.79 Å². The molecule has 184 valence electrons. The van der Waals surface area contributed by atoms with Crippen molar-refractivity contribution < 1.29 is 23.8 Å². The van der Waals surface area contributed by atoms with Crippen molar-refractivity contribution in [3.8, 4) is 17.2 Å². The number of nitrogens with zero attached hydrogens (tertiary/aromatic N) is 2. The van der Waals surface area contributed by atoms with Gasteiger partial charge in [-0.1, -0.05) is 35.5 Å². The zero-order valence-electron chi connectivity index (χ0n) is 19.2. The van der Waals surface area contributed by atoms with E-state index >= 15 is 0 Å². The maximum absolute atomic E-state index is 12.5. The van der Waals surface area contributed by atoms with Gasteiger partial charge in [-0.05, 0) is 54.1 Å². The van der Waals surface area contributed by atoms with Crippen LogP contribution in [-0.2, 0) is 4.79 Å². The number of benzene rings is 3. The largest absolute Gasteiger partial charge is 0.497 e. The number of carbonyl (C=O) groups is 2. The first-order valence-electron chi connectivity index (χ1n) is 10.5. The first kappa shape index (κ1) is 25.5. The number of carbonyl (C=O) groups excluding carboxylic acids is 2. The molecular weight excluding hydrogens is 522 g/mol. The lowest BCUT2D eigenvalue weighted by molar-refractivity contribution is -0.118. The maximum Gasteiger partial charge on any atom is 0.343 e. The van der Waals surface area contributed by atoms with Gasteiger partial charge in [0.25, 0.3) is 5.91 Å². The smallest absolute Gasteiger partial charge is 0.343 e. The van der Waals surface area contributed by atoms with Gasteiger partial charge in [-0.25, -0.2) is 15.2 Å². The van der Waals surface area contributed by atoms with Crippen LogP contribution in [0.2, 0.25) is 5.02 Å². The highest BCUT2D eigenvalue weighted by Gasteiger charge is 2.17. The van der Waals surface area contributed by atoms with Gasteiger partial charge in [0.1, 0.15) is 5.75 Å². The minimum absolute atomic E-state index is 0.0772. The summed E-state index contributed by atoms with van der Waals surface area (Å²) in [4.78, 5) is 29.2. The molecule has 3 aromatic carbocycles. The molecule has 0 aliphatic rings. The Kier molecular flexibility index (Phi) is 8.42. The van der Waals surface area contributed by atoms with Gasteiger partial charge in [-0.2, -0.15) is 5.10 Å². The number of thioether (sulfide) groups is 1. The molecule has 0 atom stereocenters. The molecule has 0 radical (unpaired) electrons. The van der Waals surface area contributed by atoms with Gasteiger partial charge in [0.05, 0.1) is 47.0 Å². The van der Waals surface area contributed by atoms with Crippen LogP contribution in [-0.4, -0.2) is 43.0 Å². The molecule has 0 spiro atoms. The number of amides is 1. The number of rotatable bonds is 9. The minimum Gasteiger partial charge on any atom is -0.497 e. The van der Waals surface area contributed by atoms with E-state index in [1.165, 1.54) is 43.5 Å². The molecular formula is C25H20ClN3O5S2. The van der Waals surface area contributed by atoms with Gasteiger partial charge < -0.3 is 14.2 Å². The van der Waals surface area contributed by atoms with E-state index in [0.29, 0.717) is 16.9 Å². The molecule has 4 aromatic rings. The van der Waals surface area contributed by atoms with Crippen LogP contribution in [0.4, 0.5) is 0 Å². The topological polar surface area (TPSA) is 99.1 Å². The Hall–Kier alpha value is -3.60. The van der Waals surface area contributed by atoms with E-state index < -0.39 is 5.97 Å². The number of ether oxygens (including phenoxy) is 3. The molecule has 1 heterocycles. The predicted octanol–water partition coefficient (Wildman–Crippen LogP) is 5.43. The summed E-state index contributed by atoms with van der Waals surface area (Å²) in [6.45, 7) is 0. The molecule has 11 heteroatoms. The number of esters is 1. The van der Waals surface area contributed by atoms with Crippen molar-refractivity contribution in [1.82, 2.24) is 10.4 Å². The highest BCUT2D eigenvalue weighted by Crippen LogP contribution is 2.36. The van der Waals surface area contributed by atoms with Gasteiger partial charge in [-0.15, -0.1) is 11.3 Å². The number of hydrogen-bond donors (Lipinski definition) is 1. The molecule has 0 aliphatic heterocycles. The fourth-order valence-corrected chi connectivity index (χ4v) is 5.16. The number of aromatic nitrogens is 1. The summed E-state index contributed by atoms with van der Waals surface area (Å²) in [6, 6.07) is 17.4. The summed E-state index contributed by atoms with van der Waals surface area (Å²) in [7, 11) is 2.97. The summed E-state index contributed by atoms with van der Waals surface area (Å²) < 4.78 is 17.8. The minimum atomic E-state index is -0.600. The van der Waals surface area contributed by atoms with E-state index in [0.717, 1.165) is 14.6 Å². The van der Waals surface area contributed by atoms with Crippen molar-refractivity contribution in [3.63, 3.8) is 0 Å². The first-order valence-corrected chi connectivity index (χ1v) is 12.7. The molecule has 0 saturated heterocycles. The maximum atomic E-state index is 12.5. The summed E-state index contributed by atoms with van der Waals surface area (Å²) in [5.74, 6) is 0.225. The number of thiazole rings is 1. The molecule has 36 heavy (non-hydrogen) atoms. The summed E-state index contributed by atoms with van der Waals surface area (Å²) >= 11 is 9.23. The number of para-hydroxylation sites is 1. The van der Waals surface area contributed by atoms with Crippen LogP contribution in [0.1, 0.15) is 15.9 Å². The van der Waals surface area contributed by atoms with Crippen molar-refractivity contribution in [2.75, 3.05) is 20.0 Å². The Morgan fingerprint density at radius 1 is 1.11 bits per heavy atom. The standard InChI is InChI=1S/C25H20ClN3O5S2/c1-32-17-9-7-16(8-10-17)24(31)34-23-18(26)11-15(12-20(23)33-2)13-27-29-22(30)14-35-25-28-19-5-3-4-6-21(19)36-25/h3-13H,14H2,1-2H3,(H,29,30)/b27-13-. The third kappa shape index (κ3) is 6.34. The monoisotopic (exact) mass is 541 g/mol. The van der Waals surface area contributed by atoms with Crippen molar-refractivity contribution >= 4 is 63.0 Å². The van der Waals surface area contributed by atoms with Crippen molar-refractivity contribution in [1.29, 1.82) is 0 Å². The second-order valence-electron chi connectivity index (χ2n) is 7.18. The van der Waals surface area contributed by atoms with Crippen LogP contribution >= 0.6 is 34.7 Å². The average Bonchev–Trinajstić information content (AvgIpc) is 3.32. The Morgan fingerprint density at radius 3 is 2.61 bits per heavy atom. The molecule has 1 aromatic heterocycles. The zero-order valence-corrected chi connectivity index (χ0v) is 21.6. The van der Waals surface area contributed by atoms with E-state index in [-0.39, 0.29) is 28.2 Å². The van der Waals surface area contributed by atoms with E-state index in [2.05, 4.69) is 15.5 Å². The number of fused-ring (bicyclic) bond motifs is 1. The summed E-state index contributed by atoms with van der Waals surface area (Å²) in [5, 5.41) is 4.13. The highest BCUT2D eigenvalue weighted by atomic mass is 35.5. The average molecular weight is 542 g/mol. The molecule has 0 saturated carbocycles. The second kappa shape index (κ2) is 11.9. The third-order valence-electron chi connectivity index (χ3n) is 4.78. The molecule has 0 aliphatic carbocycles. The van der Waals surface area contributed by atoms with Crippen molar-refractivity contribution in [2.24, 2.45) is 5.10 Å². The quantitative estimate of drug-likeness (QED) is 0.0991. The van der Waals surface area contributed by atoms with Crippen LogP contribution in [0, 0.1) is 0 Å². The Labute approximate surface area is 220 Å². The highest BCUT2D eigenvalue weighted by molar-refractivity contribution is 8.01. The lowest BCUT2D eigenvalue weighted by Crippen LogP contribution is -2.19. The lowest BCUT2D eigenvalue weighted by Gasteiger charge is -2.12. The van der Waals surface area contributed by atoms with Crippen LogP contribution in [0.5, 0.6) is 17.2 Å². The number of hydrazone groups is 1. The normalized spacial score (nSPS) is 11.0. The first-order chi connectivity index (χ1) is 17.5. The van der Waals surface area contributed by atoms with E-state index in [1.54, 1.807) is 36.4 Å². The number of nitrogens with one attached hydrogen (secondary N) is 1. The predicted molar refractivity (Wildman–Crippen MR) is 142 cm³/mol. The number of hydrogen-bond acceptors (Lipinski definition) is 9. The number of methoxy groups -OCH3 is 2. The summed E-state index contributed by atoms with van der Waals surface area (Å²) in [6.07, 6.45) is 1.42. The Bertz CT molecular complexity index is 1390. The van der Waals surface area contributed by atoms with Crippen molar-refractivity contribution in [3.05, 3.63) is 76.8 Å². The van der Waals surface area contributed by atoms with Crippen LogP contribution in [0.25, 0.3) is 10.2 Å². The SMILES string of the molecule is COc1ccc(C(=O)Oc2c(Cl)cc(/C=N\NC(=O)CSc3nc4ccccc4s3)cc2OC)cc1. The molecule has 4 rings (SSSR count). The van der Waals surface area contributed by atoms with Gasteiger partial charge in [0, 0.05) is 0 Å². The van der Waals surface area contributed by atoms with Crippen LogP contribution in [0.3, 0.4) is 0 Å². The molecule has 1 N–H and O–H groups in total. The van der Waals surface area contributed by atoms with Crippen LogP contribution in [0.15, 0.2) is 70.1 Å². The van der Waals surface area contributed by atoms with Gasteiger partial charge >= 0.3 is 5.97 Å². The molecule has 0 bridgehead atoms. The molecule has 0 unspecified atom stereocenters. The lowest BCUT2D eigenvalue weighted by atomic mass is 10.2. The van der Waals surface area contributed by atoms with Gasteiger partial charge in [0.2, 0.25) is 0 Å². The Morgan fingerprint density at radius 2 is 1.89 bits per heavy atom. The fourth-order valence-electron chi connectivity index (χ4n) is 3.04. The van der Waals surface area contributed by atoms with Gasteiger partial charge in [0.15, 0.2) is 15.8 Å². The van der Waals surface area contributed by atoms with E-state index in [9.17, 15) is 9.59 Å². The molecule has 8 nitrogen and oxygen atoms in total. The fraction of sp³-hybridized carbons (Fsp3) is 0.120. The molecule has 0 fully saturated rings. The van der Waals surface area contributed by atoms with E-state index in [4.69, 9.17) is 25.8 Å². The summed E-state index contributed by atoms with van der Waals surface area (Å²) in [5.41, 5.74) is 4.25. The molecule has 1 amide bonds.